The number of nitrogens with zero attached hydrogens (tertiary/aromatic N) is 6. The van der Waals surface area contributed by atoms with Crippen LogP contribution in [0.25, 0.3) is 5.69 Å². The molecule has 3 aromatic heterocycles. The molecule has 1 unspecified atom stereocenters. The van der Waals surface area contributed by atoms with Gasteiger partial charge in [-0.1, -0.05) is 20.8 Å². The minimum atomic E-state index is -4.50. The van der Waals surface area contributed by atoms with Crippen LogP contribution in [0.2, 0.25) is 0 Å². The van der Waals surface area contributed by atoms with Crippen molar-refractivity contribution < 1.29 is 13.2 Å². The molecule has 28 heavy (non-hydrogen) atoms. The topological polar surface area (TPSA) is 69.4 Å². The molecule has 0 saturated carbocycles. The van der Waals surface area contributed by atoms with Crippen LogP contribution < -0.4 is 0 Å². The highest BCUT2D eigenvalue weighted by Crippen LogP contribution is 2.36. The average molecular weight is 390 g/mol. The molecule has 0 aliphatic carbocycles. The van der Waals surface area contributed by atoms with E-state index in [0.29, 0.717) is 12.1 Å². The molecule has 0 fully saturated rings. The fourth-order valence-corrected chi connectivity index (χ4v) is 3.18. The van der Waals surface area contributed by atoms with Crippen LogP contribution in [0.1, 0.15) is 60.9 Å². The third kappa shape index (κ3) is 4.02. The fraction of sp³-hybridized carbons (Fsp3) is 0.421. The molecule has 0 saturated heterocycles. The highest BCUT2D eigenvalue weighted by molar-refractivity contribution is 5.35. The molecule has 0 N–H and O–H groups in total. The number of hydrogen-bond donors (Lipinski definition) is 0. The molecule has 0 aromatic carbocycles. The lowest BCUT2D eigenvalue weighted by Gasteiger charge is -2.17. The van der Waals surface area contributed by atoms with Gasteiger partial charge in [0.1, 0.15) is 18.3 Å². The van der Waals surface area contributed by atoms with Crippen LogP contribution in [0.3, 0.4) is 0 Å². The predicted molar refractivity (Wildman–Crippen MR) is 97.1 cm³/mol. The Hall–Kier alpha value is -2.84. The Bertz CT molecular complexity index is 964. The molecule has 0 amide bonds. The lowest BCUT2D eigenvalue weighted by atomic mass is 9.96. The number of halogens is 3. The van der Waals surface area contributed by atoms with Gasteiger partial charge in [0.05, 0.1) is 34.5 Å². The van der Waals surface area contributed by atoms with E-state index in [-0.39, 0.29) is 17.3 Å². The molecule has 9 heteroatoms. The van der Waals surface area contributed by atoms with Crippen molar-refractivity contribution in [1.82, 2.24) is 29.7 Å². The summed E-state index contributed by atoms with van der Waals surface area (Å²) in [5, 5.41) is 4.52. The van der Waals surface area contributed by atoms with Gasteiger partial charge in [-0.15, -0.1) is 0 Å². The van der Waals surface area contributed by atoms with Crippen molar-refractivity contribution in [2.24, 2.45) is 0 Å². The Morgan fingerprint density at radius 1 is 1.04 bits per heavy atom. The first-order valence-electron chi connectivity index (χ1n) is 8.92. The Balaban J connectivity index is 1.89. The standard InChI is InChI=1S/C19H21F3N6/c1-11(2)17-15(8-23-9-25-17)28-6-5-14(27-28)7-12(3)18-16(19(20,21)22)13(4)24-10-26-18/h5-6,8-12H,7H2,1-4H3. The van der Waals surface area contributed by atoms with Gasteiger partial charge in [-0.3, -0.25) is 0 Å². The minimum Gasteiger partial charge on any atom is -0.243 e. The van der Waals surface area contributed by atoms with Gasteiger partial charge in [0, 0.05) is 12.1 Å². The van der Waals surface area contributed by atoms with Crippen molar-refractivity contribution in [3.63, 3.8) is 0 Å². The number of alkyl halides is 3. The summed E-state index contributed by atoms with van der Waals surface area (Å²) in [5.41, 5.74) is 1.42. The third-order valence-corrected chi connectivity index (χ3v) is 4.49. The molecule has 0 spiro atoms. The third-order valence-electron chi connectivity index (χ3n) is 4.49. The molecule has 0 radical (unpaired) electrons. The maximum Gasteiger partial charge on any atom is 0.419 e. The van der Waals surface area contributed by atoms with E-state index in [9.17, 15) is 13.2 Å². The molecule has 148 valence electrons. The van der Waals surface area contributed by atoms with Crippen molar-refractivity contribution >= 4 is 0 Å². The first-order valence-corrected chi connectivity index (χ1v) is 8.92. The number of rotatable bonds is 5. The van der Waals surface area contributed by atoms with Gasteiger partial charge in [-0.2, -0.15) is 18.3 Å². The molecule has 3 aromatic rings. The SMILES string of the molecule is Cc1ncnc(C(C)Cc2ccn(-c3cncnc3C(C)C)n2)c1C(F)(F)F. The monoisotopic (exact) mass is 390 g/mol. The van der Waals surface area contributed by atoms with Crippen LogP contribution in [0.5, 0.6) is 0 Å². The summed E-state index contributed by atoms with van der Waals surface area (Å²) in [4.78, 5) is 16.0. The van der Waals surface area contributed by atoms with Crippen LogP contribution in [0, 0.1) is 6.92 Å². The second-order valence-corrected chi connectivity index (χ2v) is 7.02. The maximum atomic E-state index is 13.4. The largest absolute Gasteiger partial charge is 0.419 e. The highest BCUT2D eigenvalue weighted by Gasteiger charge is 2.38. The van der Waals surface area contributed by atoms with E-state index in [1.54, 1.807) is 30.1 Å². The van der Waals surface area contributed by atoms with Gasteiger partial charge in [-0.25, -0.2) is 24.6 Å². The molecule has 0 aliphatic heterocycles. The molecule has 3 rings (SSSR count). The van der Waals surface area contributed by atoms with Gasteiger partial charge in [0.15, 0.2) is 0 Å². The zero-order valence-electron chi connectivity index (χ0n) is 16.1. The van der Waals surface area contributed by atoms with Crippen molar-refractivity contribution in [3.05, 3.63) is 59.5 Å². The van der Waals surface area contributed by atoms with Gasteiger partial charge in [0.25, 0.3) is 0 Å². The Morgan fingerprint density at radius 2 is 1.75 bits per heavy atom. The van der Waals surface area contributed by atoms with Gasteiger partial charge >= 0.3 is 6.18 Å². The summed E-state index contributed by atoms with van der Waals surface area (Å²) in [6.45, 7) is 7.10. The summed E-state index contributed by atoms with van der Waals surface area (Å²) < 4.78 is 42.0. The minimum absolute atomic E-state index is 0.0135. The van der Waals surface area contributed by atoms with Crippen molar-refractivity contribution in [1.29, 1.82) is 0 Å². The Morgan fingerprint density at radius 3 is 2.43 bits per heavy atom. The van der Waals surface area contributed by atoms with Gasteiger partial charge < -0.3 is 0 Å². The van der Waals surface area contributed by atoms with Crippen molar-refractivity contribution in [3.8, 4) is 5.69 Å². The van der Waals surface area contributed by atoms with Gasteiger partial charge in [0.2, 0.25) is 0 Å². The lowest BCUT2D eigenvalue weighted by Crippen LogP contribution is -2.17. The molecular formula is C19H21F3N6. The molecule has 6 nitrogen and oxygen atoms in total. The molecule has 3 heterocycles. The summed E-state index contributed by atoms with van der Waals surface area (Å²) in [6.07, 6.45) is 1.92. The highest BCUT2D eigenvalue weighted by atomic mass is 19.4. The van der Waals surface area contributed by atoms with E-state index >= 15 is 0 Å². The fourth-order valence-electron chi connectivity index (χ4n) is 3.18. The van der Waals surface area contributed by atoms with Crippen LogP contribution >= 0.6 is 0 Å². The van der Waals surface area contributed by atoms with Crippen molar-refractivity contribution in [2.45, 2.75) is 52.1 Å². The Labute approximate surface area is 160 Å². The lowest BCUT2D eigenvalue weighted by molar-refractivity contribution is -0.139. The first kappa shape index (κ1) is 19.9. The van der Waals surface area contributed by atoms with E-state index in [4.69, 9.17) is 0 Å². The summed E-state index contributed by atoms with van der Waals surface area (Å²) >= 11 is 0. The maximum absolute atomic E-state index is 13.4. The predicted octanol–water partition coefficient (Wildman–Crippen LogP) is 4.25. The van der Waals surface area contributed by atoms with Gasteiger partial charge in [-0.05, 0) is 25.3 Å². The van der Waals surface area contributed by atoms with E-state index in [1.165, 1.54) is 19.6 Å². The zero-order chi connectivity index (χ0) is 20.5. The van der Waals surface area contributed by atoms with Crippen LogP contribution in [0.15, 0.2) is 31.1 Å². The first-order chi connectivity index (χ1) is 13.2. The molecule has 0 aliphatic rings. The smallest absolute Gasteiger partial charge is 0.243 e. The van der Waals surface area contributed by atoms with E-state index in [2.05, 4.69) is 25.0 Å². The second-order valence-electron chi connectivity index (χ2n) is 7.02. The number of aryl methyl sites for hydroxylation is 1. The number of hydrogen-bond acceptors (Lipinski definition) is 5. The molecule has 1 atom stereocenters. The van der Waals surface area contributed by atoms with Crippen molar-refractivity contribution in [2.75, 3.05) is 0 Å². The summed E-state index contributed by atoms with van der Waals surface area (Å²) in [5.74, 6) is -0.291. The van der Waals surface area contributed by atoms with E-state index in [0.717, 1.165) is 11.4 Å². The summed E-state index contributed by atoms with van der Waals surface area (Å²) in [7, 11) is 0. The van der Waals surface area contributed by atoms with E-state index < -0.39 is 17.7 Å². The number of aromatic nitrogens is 6. The zero-order valence-corrected chi connectivity index (χ0v) is 16.1. The quantitative estimate of drug-likeness (QED) is 0.651. The van der Waals surface area contributed by atoms with Crippen LogP contribution in [0.4, 0.5) is 13.2 Å². The Kier molecular flexibility index (Phi) is 5.44. The second kappa shape index (κ2) is 7.65. The van der Waals surface area contributed by atoms with Crippen LogP contribution in [-0.4, -0.2) is 29.7 Å². The average Bonchev–Trinajstić information content (AvgIpc) is 3.08. The summed E-state index contributed by atoms with van der Waals surface area (Å²) in [6, 6.07) is 1.79. The molecular weight excluding hydrogens is 369 g/mol. The molecule has 0 bridgehead atoms. The van der Waals surface area contributed by atoms with E-state index in [1.807, 2.05) is 13.8 Å². The van der Waals surface area contributed by atoms with Crippen LogP contribution in [-0.2, 0) is 12.6 Å². The normalized spacial score (nSPS) is 13.1.